The number of hydrogen-bond donors (Lipinski definition) is 2. The van der Waals surface area contributed by atoms with E-state index in [2.05, 4.69) is 20.5 Å². The standard InChI is InChI=1S/C16H15ClN6OS/c1-10-5-6-11(8-12(10)17)20-14(24)9-25-16-22-21-15(23(16)18)13-4-2-3-7-19-13/h2-8H,9,18H2,1H3,(H,20,24). The van der Waals surface area contributed by atoms with Crippen molar-refractivity contribution in [3.8, 4) is 11.5 Å². The number of nitrogen functional groups attached to an aromatic ring is 1. The summed E-state index contributed by atoms with van der Waals surface area (Å²) in [4.78, 5) is 16.3. The Morgan fingerprint density at radius 1 is 1.32 bits per heavy atom. The number of aromatic nitrogens is 4. The Labute approximate surface area is 153 Å². The topological polar surface area (TPSA) is 98.7 Å². The van der Waals surface area contributed by atoms with Crippen LogP contribution in [0, 0.1) is 6.92 Å². The van der Waals surface area contributed by atoms with E-state index in [1.165, 1.54) is 16.4 Å². The molecule has 0 aliphatic heterocycles. The number of halogens is 1. The molecule has 0 unspecified atom stereocenters. The van der Waals surface area contributed by atoms with E-state index in [0.29, 0.717) is 27.4 Å². The van der Waals surface area contributed by atoms with Crippen LogP contribution in [0.15, 0.2) is 47.8 Å². The van der Waals surface area contributed by atoms with Crippen LogP contribution in [0.4, 0.5) is 5.69 Å². The number of hydrogen-bond acceptors (Lipinski definition) is 6. The first kappa shape index (κ1) is 17.2. The van der Waals surface area contributed by atoms with Gasteiger partial charge in [-0.25, -0.2) is 4.68 Å². The second-order valence-corrected chi connectivity index (χ2v) is 6.54. The number of nitrogens with one attached hydrogen (secondary N) is 1. The van der Waals surface area contributed by atoms with Crippen LogP contribution in [-0.2, 0) is 4.79 Å². The van der Waals surface area contributed by atoms with E-state index in [1.54, 1.807) is 30.5 Å². The van der Waals surface area contributed by atoms with Crippen LogP contribution >= 0.6 is 23.4 Å². The van der Waals surface area contributed by atoms with Gasteiger partial charge in [0.15, 0.2) is 0 Å². The Morgan fingerprint density at radius 3 is 2.88 bits per heavy atom. The van der Waals surface area contributed by atoms with Crippen molar-refractivity contribution in [1.82, 2.24) is 19.9 Å². The van der Waals surface area contributed by atoms with Crippen LogP contribution in [0.25, 0.3) is 11.5 Å². The van der Waals surface area contributed by atoms with Gasteiger partial charge in [0.2, 0.25) is 16.9 Å². The molecule has 3 rings (SSSR count). The Balaban J connectivity index is 1.63. The average molecular weight is 375 g/mol. The molecule has 128 valence electrons. The molecule has 0 atom stereocenters. The fourth-order valence-electron chi connectivity index (χ4n) is 2.04. The predicted octanol–water partition coefficient (Wildman–Crippen LogP) is 2.75. The summed E-state index contributed by atoms with van der Waals surface area (Å²) in [6, 6.07) is 10.8. The van der Waals surface area contributed by atoms with Gasteiger partial charge in [-0.05, 0) is 36.8 Å². The quantitative estimate of drug-likeness (QED) is 0.526. The minimum atomic E-state index is -0.188. The SMILES string of the molecule is Cc1ccc(NC(=O)CSc2nnc(-c3ccccn3)n2N)cc1Cl. The summed E-state index contributed by atoms with van der Waals surface area (Å²) in [6.45, 7) is 1.90. The van der Waals surface area contributed by atoms with E-state index in [9.17, 15) is 4.79 Å². The first-order valence-corrected chi connectivity index (χ1v) is 8.71. The molecule has 25 heavy (non-hydrogen) atoms. The van der Waals surface area contributed by atoms with Crippen molar-refractivity contribution in [1.29, 1.82) is 0 Å². The molecular weight excluding hydrogens is 360 g/mol. The van der Waals surface area contributed by atoms with Crippen molar-refractivity contribution in [2.45, 2.75) is 12.1 Å². The Morgan fingerprint density at radius 2 is 2.16 bits per heavy atom. The van der Waals surface area contributed by atoms with E-state index in [0.717, 1.165) is 5.56 Å². The smallest absolute Gasteiger partial charge is 0.234 e. The Bertz CT molecular complexity index is 899. The van der Waals surface area contributed by atoms with Gasteiger partial charge < -0.3 is 11.2 Å². The molecule has 2 aromatic heterocycles. The second kappa shape index (κ2) is 7.54. The molecule has 9 heteroatoms. The Kier molecular flexibility index (Phi) is 5.20. The summed E-state index contributed by atoms with van der Waals surface area (Å²) < 4.78 is 1.32. The molecule has 7 nitrogen and oxygen atoms in total. The first-order valence-electron chi connectivity index (χ1n) is 7.35. The molecule has 0 saturated heterocycles. The first-order chi connectivity index (χ1) is 12.0. The fourth-order valence-corrected chi connectivity index (χ4v) is 2.88. The summed E-state index contributed by atoms with van der Waals surface area (Å²) in [5.74, 6) is 6.39. The minimum Gasteiger partial charge on any atom is -0.335 e. The number of amides is 1. The molecule has 0 bridgehead atoms. The van der Waals surface area contributed by atoms with Crippen molar-refractivity contribution in [2.24, 2.45) is 0 Å². The van der Waals surface area contributed by atoms with Crippen LogP contribution in [0.1, 0.15) is 5.56 Å². The molecule has 0 spiro atoms. The largest absolute Gasteiger partial charge is 0.335 e. The highest BCUT2D eigenvalue weighted by Crippen LogP contribution is 2.22. The number of thioether (sulfide) groups is 1. The molecule has 1 aromatic carbocycles. The van der Waals surface area contributed by atoms with E-state index in [1.807, 2.05) is 19.1 Å². The maximum absolute atomic E-state index is 12.1. The summed E-state index contributed by atoms with van der Waals surface area (Å²) in [6.07, 6.45) is 1.65. The molecule has 3 aromatic rings. The maximum atomic E-state index is 12.1. The van der Waals surface area contributed by atoms with Crippen molar-refractivity contribution in [2.75, 3.05) is 16.9 Å². The van der Waals surface area contributed by atoms with Crippen molar-refractivity contribution >= 4 is 35.0 Å². The summed E-state index contributed by atoms with van der Waals surface area (Å²) in [7, 11) is 0. The number of rotatable bonds is 5. The molecule has 0 fully saturated rings. The number of pyridine rings is 1. The highest BCUT2D eigenvalue weighted by Gasteiger charge is 2.14. The lowest BCUT2D eigenvalue weighted by Crippen LogP contribution is -2.16. The maximum Gasteiger partial charge on any atom is 0.234 e. The lowest BCUT2D eigenvalue weighted by molar-refractivity contribution is -0.113. The number of nitrogens with two attached hydrogens (primary N) is 1. The molecule has 1 amide bonds. The molecule has 2 heterocycles. The van der Waals surface area contributed by atoms with Crippen molar-refractivity contribution in [3.05, 3.63) is 53.2 Å². The highest BCUT2D eigenvalue weighted by atomic mass is 35.5. The summed E-state index contributed by atoms with van der Waals surface area (Å²) in [5, 5.41) is 11.8. The van der Waals surface area contributed by atoms with Gasteiger partial charge in [0.1, 0.15) is 5.69 Å². The molecular formula is C16H15ClN6OS. The zero-order valence-electron chi connectivity index (χ0n) is 13.3. The number of anilines is 1. The second-order valence-electron chi connectivity index (χ2n) is 5.19. The third-order valence-electron chi connectivity index (χ3n) is 3.35. The number of carbonyl (C=O) groups is 1. The fraction of sp³-hybridized carbons (Fsp3) is 0.125. The zero-order valence-corrected chi connectivity index (χ0v) is 14.9. The highest BCUT2D eigenvalue weighted by molar-refractivity contribution is 7.99. The Hall–Kier alpha value is -2.58. The minimum absolute atomic E-state index is 0.142. The molecule has 0 radical (unpaired) electrons. The summed E-state index contributed by atoms with van der Waals surface area (Å²) in [5.41, 5.74) is 2.21. The van der Waals surface area contributed by atoms with Gasteiger partial charge >= 0.3 is 0 Å². The molecule has 0 aliphatic carbocycles. The van der Waals surface area contributed by atoms with Crippen LogP contribution in [0.5, 0.6) is 0 Å². The van der Waals surface area contributed by atoms with E-state index in [-0.39, 0.29) is 11.7 Å². The van der Waals surface area contributed by atoms with E-state index >= 15 is 0 Å². The predicted molar refractivity (Wildman–Crippen MR) is 98.9 cm³/mol. The number of nitrogens with zero attached hydrogens (tertiary/aromatic N) is 4. The van der Waals surface area contributed by atoms with Crippen molar-refractivity contribution < 1.29 is 4.79 Å². The lowest BCUT2D eigenvalue weighted by Gasteiger charge is -2.07. The summed E-state index contributed by atoms with van der Waals surface area (Å²) >= 11 is 7.24. The molecule has 3 N–H and O–H groups in total. The van der Waals surface area contributed by atoms with Crippen LogP contribution in [0.2, 0.25) is 5.02 Å². The average Bonchev–Trinajstić information content (AvgIpc) is 2.98. The van der Waals surface area contributed by atoms with E-state index < -0.39 is 0 Å². The third kappa shape index (κ3) is 4.09. The molecule has 0 aliphatic rings. The van der Waals surface area contributed by atoms with Gasteiger partial charge in [0, 0.05) is 16.9 Å². The normalized spacial score (nSPS) is 10.6. The van der Waals surface area contributed by atoms with Gasteiger partial charge in [-0.1, -0.05) is 35.5 Å². The van der Waals surface area contributed by atoms with Crippen LogP contribution < -0.4 is 11.2 Å². The van der Waals surface area contributed by atoms with E-state index in [4.69, 9.17) is 17.4 Å². The van der Waals surface area contributed by atoms with Gasteiger partial charge in [-0.3, -0.25) is 9.78 Å². The van der Waals surface area contributed by atoms with Gasteiger partial charge in [0.05, 0.1) is 5.75 Å². The lowest BCUT2D eigenvalue weighted by atomic mass is 10.2. The van der Waals surface area contributed by atoms with Crippen LogP contribution in [-0.4, -0.2) is 31.5 Å². The van der Waals surface area contributed by atoms with Crippen molar-refractivity contribution in [3.63, 3.8) is 0 Å². The zero-order chi connectivity index (χ0) is 17.8. The number of aryl methyl sites for hydroxylation is 1. The van der Waals surface area contributed by atoms with Gasteiger partial charge in [-0.2, -0.15) is 0 Å². The monoisotopic (exact) mass is 374 g/mol. The van der Waals surface area contributed by atoms with Crippen LogP contribution in [0.3, 0.4) is 0 Å². The molecule has 0 saturated carbocycles. The third-order valence-corrected chi connectivity index (χ3v) is 4.70. The number of benzene rings is 1. The van der Waals surface area contributed by atoms with Gasteiger partial charge in [-0.15, -0.1) is 10.2 Å². The number of carbonyl (C=O) groups excluding carboxylic acids is 1. The van der Waals surface area contributed by atoms with Gasteiger partial charge in [0.25, 0.3) is 0 Å².